The zero-order chi connectivity index (χ0) is 20.6. The number of nitrogens with one attached hydrogen (secondary N) is 2. The zero-order valence-electron chi connectivity index (χ0n) is 16.1. The van der Waals surface area contributed by atoms with E-state index in [1.807, 2.05) is 0 Å². The van der Waals surface area contributed by atoms with Gasteiger partial charge in [0.05, 0.1) is 11.3 Å². The van der Waals surface area contributed by atoms with E-state index in [4.69, 9.17) is 4.74 Å². The van der Waals surface area contributed by atoms with Crippen LogP contribution in [0.2, 0.25) is 0 Å². The van der Waals surface area contributed by atoms with Crippen molar-refractivity contribution < 1.29 is 23.9 Å². The molecule has 0 saturated carbocycles. The molecule has 1 atom stereocenters. The van der Waals surface area contributed by atoms with Gasteiger partial charge in [-0.25, -0.2) is 9.59 Å². The van der Waals surface area contributed by atoms with Gasteiger partial charge in [-0.3, -0.25) is 14.9 Å². The highest BCUT2D eigenvalue weighted by Crippen LogP contribution is 2.24. The predicted octanol–water partition coefficient (Wildman–Crippen LogP) is 1.65. The van der Waals surface area contributed by atoms with E-state index in [9.17, 15) is 19.2 Å². The SMILES string of the molecule is CC(C)NC(=O)NC(=O)[C@H](C)OC(=O)c1ccccc1SCC(=O)N(C)C. The van der Waals surface area contributed by atoms with Crippen LogP contribution in [-0.2, 0) is 14.3 Å². The summed E-state index contributed by atoms with van der Waals surface area (Å²) >= 11 is 1.21. The summed E-state index contributed by atoms with van der Waals surface area (Å²) in [6, 6.07) is 5.87. The van der Waals surface area contributed by atoms with Gasteiger partial charge in [-0.05, 0) is 32.9 Å². The van der Waals surface area contributed by atoms with Crippen LogP contribution >= 0.6 is 11.8 Å². The van der Waals surface area contributed by atoms with Crippen molar-refractivity contribution in [3.8, 4) is 0 Å². The second kappa shape index (κ2) is 10.6. The van der Waals surface area contributed by atoms with Crippen LogP contribution in [-0.4, -0.2) is 60.7 Å². The van der Waals surface area contributed by atoms with Crippen LogP contribution in [0.5, 0.6) is 0 Å². The van der Waals surface area contributed by atoms with Gasteiger partial charge in [-0.15, -0.1) is 11.8 Å². The Balaban J connectivity index is 2.72. The molecule has 148 valence electrons. The molecule has 0 bridgehead atoms. The second-order valence-corrected chi connectivity index (χ2v) is 7.26. The molecule has 0 saturated heterocycles. The van der Waals surface area contributed by atoms with Crippen molar-refractivity contribution in [3.63, 3.8) is 0 Å². The molecule has 9 heteroatoms. The van der Waals surface area contributed by atoms with Gasteiger partial charge in [0.15, 0.2) is 6.10 Å². The van der Waals surface area contributed by atoms with E-state index in [0.717, 1.165) is 0 Å². The molecular weight excluding hydrogens is 370 g/mol. The number of carbonyl (C=O) groups is 4. The maximum Gasteiger partial charge on any atom is 0.340 e. The standard InChI is InChI=1S/C18H25N3O5S/c1-11(2)19-18(25)20-16(23)12(3)26-17(24)13-8-6-7-9-14(13)27-10-15(22)21(4)5/h6-9,11-12H,10H2,1-5H3,(H2,19,20,23,25)/t12-/m0/s1. The van der Waals surface area contributed by atoms with Gasteiger partial charge in [0.2, 0.25) is 5.91 Å². The Bertz CT molecular complexity index is 706. The van der Waals surface area contributed by atoms with Crippen LogP contribution in [0.25, 0.3) is 0 Å². The Kier molecular flexibility index (Phi) is 8.80. The average molecular weight is 395 g/mol. The number of amides is 4. The molecule has 0 aliphatic carbocycles. The summed E-state index contributed by atoms with van der Waals surface area (Å²) in [4.78, 5) is 49.7. The predicted molar refractivity (Wildman–Crippen MR) is 103 cm³/mol. The Hall–Kier alpha value is -2.55. The normalized spacial score (nSPS) is 11.5. The smallest absolute Gasteiger partial charge is 0.340 e. The minimum atomic E-state index is -1.16. The minimum Gasteiger partial charge on any atom is -0.449 e. The van der Waals surface area contributed by atoms with Crippen molar-refractivity contribution >= 4 is 35.6 Å². The number of ether oxygens (including phenoxy) is 1. The second-order valence-electron chi connectivity index (χ2n) is 6.24. The molecule has 1 aromatic carbocycles. The van der Waals surface area contributed by atoms with Crippen LogP contribution in [0.4, 0.5) is 4.79 Å². The van der Waals surface area contributed by atoms with Crippen LogP contribution in [0.15, 0.2) is 29.2 Å². The van der Waals surface area contributed by atoms with Crippen molar-refractivity contribution in [2.75, 3.05) is 19.8 Å². The lowest BCUT2D eigenvalue weighted by Gasteiger charge is -2.16. The van der Waals surface area contributed by atoms with Crippen molar-refractivity contribution in [1.29, 1.82) is 0 Å². The van der Waals surface area contributed by atoms with E-state index >= 15 is 0 Å². The molecule has 0 spiro atoms. The van der Waals surface area contributed by atoms with Crippen molar-refractivity contribution in [3.05, 3.63) is 29.8 Å². The fraction of sp³-hybridized carbons (Fsp3) is 0.444. The molecule has 8 nitrogen and oxygen atoms in total. The maximum atomic E-state index is 12.4. The highest BCUT2D eigenvalue weighted by Gasteiger charge is 2.22. The van der Waals surface area contributed by atoms with E-state index in [1.165, 1.54) is 23.6 Å². The Morgan fingerprint density at radius 2 is 1.74 bits per heavy atom. The Morgan fingerprint density at radius 1 is 1.11 bits per heavy atom. The van der Waals surface area contributed by atoms with Gasteiger partial charge >= 0.3 is 12.0 Å². The molecule has 1 aromatic rings. The van der Waals surface area contributed by atoms with Gasteiger partial charge < -0.3 is 15.0 Å². The molecule has 1 rings (SSSR count). The number of benzene rings is 1. The molecule has 2 N–H and O–H groups in total. The summed E-state index contributed by atoms with van der Waals surface area (Å²) in [6.07, 6.45) is -1.16. The summed E-state index contributed by atoms with van der Waals surface area (Å²) in [5, 5.41) is 4.62. The Morgan fingerprint density at radius 3 is 2.33 bits per heavy atom. The summed E-state index contributed by atoms with van der Waals surface area (Å²) < 4.78 is 5.16. The first-order valence-corrected chi connectivity index (χ1v) is 9.34. The molecule has 0 fully saturated rings. The Labute approximate surface area is 163 Å². The fourth-order valence-corrected chi connectivity index (χ4v) is 2.84. The number of imide groups is 1. The van der Waals surface area contributed by atoms with E-state index in [1.54, 1.807) is 52.2 Å². The number of thioether (sulfide) groups is 1. The van der Waals surface area contributed by atoms with Gasteiger partial charge in [-0.2, -0.15) is 0 Å². The average Bonchev–Trinajstić information content (AvgIpc) is 2.58. The number of rotatable bonds is 7. The third-order valence-corrected chi connectivity index (χ3v) is 4.32. The third-order valence-electron chi connectivity index (χ3n) is 3.27. The van der Waals surface area contributed by atoms with Crippen molar-refractivity contribution in [2.24, 2.45) is 0 Å². The first-order valence-electron chi connectivity index (χ1n) is 8.36. The largest absolute Gasteiger partial charge is 0.449 e. The van der Waals surface area contributed by atoms with Gasteiger partial charge in [0.25, 0.3) is 5.91 Å². The molecule has 0 heterocycles. The molecule has 0 radical (unpaired) electrons. The van der Waals surface area contributed by atoms with Crippen LogP contribution < -0.4 is 10.6 Å². The number of carbonyl (C=O) groups excluding carboxylic acids is 4. The van der Waals surface area contributed by atoms with Crippen molar-refractivity contribution in [2.45, 2.75) is 37.8 Å². The minimum absolute atomic E-state index is 0.0907. The zero-order valence-corrected chi connectivity index (χ0v) is 16.9. The number of urea groups is 1. The number of hydrogen-bond acceptors (Lipinski definition) is 6. The summed E-state index contributed by atoms with van der Waals surface area (Å²) in [5.41, 5.74) is 0.250. The molecule has 0 aliphatic heterocycles. The van der Waals surface area contributed by atoms with E-state index in [0.29, 0.717) is 4.90 Å². The van der Waals surface area contributed by atoms with Crippen LogP contribution in [0.3, 0.4) is 0 Å². The number of nitrogens with zero attached hydrogens (tertiary/aromatic N) is 1. The lowest BCUT2D eigenvalue weighted by Crippen LogP contribution is -2.46. The number of esters is 1. The third kappa shape index (κ3) is 7.69. The monoisotopic (exact) mass is 395 g/mol. The van der Waals surface area contributed by atoms with Gasteiger partial charge in [-0.1, -0.05) is 12.1 Å². The number of hydrogen-bond donors (Lipinski definition) is 2. The molecule has 0 aromatic heterocycles. The topological polar surface area (TPSA) is 105 Å². The summed E-state index contributed by atoms with van der Waals surface area (Å²) in [7, 11) is 3.30. The van der Waals surface area contributed by atoms with E-state index < -0.39 is 24.0 Å². The quantitative estimate of drug-likeness (QED) is 0.537. The summed E-state index contributed by atoms with van der Waals surface area (Å²) in [5.74, 6) is -1.35. The molecule has 0 unspecified atom stereocenters. The van der Waals surface area contributed by atoms with Crippen LogP contribution in [0, 0.1) is 0 Å². The highest BCUT2D eigenvalue weighted by atomic mass is 32.2. The first-order chi connectivity index (χ1) is 12.6. The molecule has 27 heavy (non-hydrogen) atoms. The van der Waals surface area contributed by atoms with E-state index in [-0.39, 0.29) is 23.3 Å². The highest BCUT2D eigenvalue weighted by molar-refractivity contribution is 8.00. The summed E-state index contributed by atoms with van der Waals surface area (Å²) in [6.45, 7) is 4.88. The lowest BCUT2D eigenvalue weighted by molar-refractivity contribution is -0.128. The first kappa shape index (κ1) is 22.5. The lowest BCUT2D eigenvalue weighted by atomic mass is 10.2. The van der Waals surface area contributed by atoms with Gasteiger partial charge in [0.1, 0.15) is 0 Å². The van der Waals surface area contributed by atoms with E-state index in [2.05, 4.69) is 10.6 Å². The van der Waals surface area contributed by atoms with Gasteiger partial charge in [0, 0.05) is 25.0 Å². The van der Waals surface area contributed by atoms with Crippen molar-refractivity contribution in [1.82, 2.24) is 15.5 Å². The van der Waals surface area contributed by atoms with Crippen LogP contribution in [0.1, 0.15) is 31.1 Å². The maximum absolute atomic E-state index is 12.4. The molecule has 4 amide bonds. The fourth-order valence-electron chi connectivity index (χ4n) is 1.82. The molecular formula is C18H25N3O5S. The molecule has 0 aliphatic rings.